The normalized spacial score (nSPS) is 11.6. The Hall–Kier alpha value is -3.41. The van der Waals surface area contributed by atoms with E-state index in [1.807, 2.05) is 55.5 Å². The number of amides is 1. The van der Waals surface area contributed by atoms with Gasteiger partial charge >= 0.3 is 0 Å². The zero-order chi connectivity index (χ0) is 21.5. The van der Waals surface area contributed by atoms with Gasteiger partial charge in [-0.05, 0) is 30.0 Å². The first kappa shape index (κ1) is 21.3. The molecular weight excluding hydrogens is 382 g/mol. The largest absolute Gasteiger partial charge is 0.493 e. The van der Waals surface area contributed by atoms with E-state index < -0.39 is 6.10 Å². The Balaban J connectivity index is 1.75. The first-order chi connectivity index (χ1) is 14.6. The topological polar surface area (TPSA) is 66.0 Å². The number of methoxy groups -OCH3 is 3. The van der Waals surface area contributed by atoms with Gasteiger partial charge in [0.25, 0.3) is 5.91 Å². The van der Waals surface area contributed by atoms with Crippen LogP contribution in [-0.2, 0) is 11.3 Å². The van der Waals surface area contributed by atoms with Crippen LogP contribution in [0.2, 0.25) is 0 Å². The predicted molar refractivity (Wildman–Crippen MR) is 117 cm³/mol. The summed E-state index contributed by atoms with van der Waals surface area (Å²) in [6.45, 7) is 2.20. The number of carbonyl (C=O) groups excluding carboxylic acids is 1. The van der Waals surface area contributed by atoms with Gasteiger partial charge in [0.1, 0.15) is 5.75 Å². The molecule has 0 heterocycles. The summed E-state index contributed by atoms with van der Waals surface area (Å²) >= 11 is 0. The van der Waals surface area contributed by atoms with Crippen LogP contribution in [0.3, 0.4) is 0 Å². The number of ether oxygens (including phenoxy) is 4. The predicted octanol–water partition coefficient (Wildman–Crippen LogP) is 4.34. The fraction of sp³-hybridized carbons (Fsp3) is 0.292. The van der Waals surface area contributed by atoms with E-state index in [0.717, 1.165) is 16.3 Å². The Kier molecular flexibility index (Phi) is 7.01. The second-order valence-electron chi connectivity index (χ2n) is 6.70. The molecule has 0 saturated carbocycles. The summed E-state index contributed by atoms with van der Waals surface area (Å²) in [5.41, 5.74) is 0.781. The number of hydrogen-bond donors (Lipinski definition) is 1. The van der Waals surface area contributed by atoms with Gasteiger partial charge in [0.05, 0.1) is 21.3 Å². The third-order valence-electron chi connectivity index (χ3n) is 4.92. The Labute approximate surface area is 176 Å². The van der Waals surface area contributed by atoms with Crippen LogP contribution in [0.25, 0.3) is 10.8 Å². The van der Waals surface area contributed by atoms with Gasteiger partial charge in [-0.25, -0.2) is 0 Å². The van der Waals surface area contributed by atoms with Gasteiger partial charge in [-0.2, -0.15) is 0 Å². The highest BCUT2D eigenvalue weighted by molar-refractivity contribution is 5.89. The second-order valence-corrected chi connectivity index (χ2v) is 6.70. The Morgan fingerprint density at radius 2 is 1.60 bits per heavy atom. The second kappa shape index (κ2) is 9.87. The minimum atomic E-state index is -0.609. The van der Waals surface area contributed by atoms with E-state index in [2.05, 4.69) is 5.32 Å². The smallest absolute Gasteiger partial charge is 0.261 e. The third-order valence-corrected chi connectivity index (χ3v) is 4.92. The van der Waals surface area contributed by atoms with Gasteiger partial charge in [-0.15, -0.1) is 0 Å². The maximum Gasteiger partial charge on any atom is 0.261 e. The van der Waals surface area contributed by atoms with Crippen LogP contribution in [0, 0.1) is 0 Å². The number of benzene rings is 3. The van der Waals surface area contributed by atoms with Gasteiger partial charge in [0, 0.05) is 17.5 Å². The molecule has 0 saturated heterocycles. The molecule has 0 unspecified atom stereocenters. The van der Waals surface area contributed by atoms with E-state index in [1.54, 1.807) is 27.4 Å². The molecule has 1 amide bonds. The van der Waals surface area contributed by atoms with Crippen LogP contribution in [0.4, 0.5) is 0 Å². The van der Waals surface area contributed by atoms with Crippen molar-refractivity contribution in [1.82, 2.24) is 5.32 Å². The molecule has 3 aromatic carbocycles. The van der Waals surface area contributed by atoms with Gasteiger partial charge in [0.2, 0.25) is 5.75 Å². The lowest BCUT2D eigenvalue weighted by Gasteiger charge is -2.20. The highest BCUT2D eigenvalue weighted by Gasteiger charge is 2.21. The van der Waals surface area contributed by atoms with Crippen LogP contribution in [0.15, 0.2) is 54.6 Å². The maximum atomic E-state index is 12.8. The van der Waals surface area contributed by atoms with E-state index in [-0.39, 0.29) is 12.5 Å². The van der Waals surface area contributed by atoms with Crippen molar-refractivity contribution in [2.45, 2.75) is 26.0 Å². The quantitative estimate of drug-likeness (QED) is 0.570. The summed E-state index contributed by atoms with van der Waals surface area (Å²) in [7, 11) is 4.67. The monoisotopic (exact) mass is 409 g/mol. The number of rotatable bonds is 9. The van der Waals surface area contributed by atoms with Crippen LogP contribution in [0.1, 0.15) is 18.9 Å². The zero-order valence-corrected chi connectivity index (χ0v) is 17.7. The molecule has 6 nitrogen and oxygen atoms in total. The molecule has 0 fully saturated rings. The fourth-order valence-corrected chi connectivity index (χ4v) is 3.37. The summed E-state index contributed by atoms with van der Waals surface area (Å²) in [6, 6.07) is 17.4. The fourth-order valence-electron chi connectivity index (χ4n) is 3.37. The Bertz CT molecular complexity index is 1010. The molecule has 0 aliphatic carbocycles. The van der Waals surface area contributed by atoms with Crippen LogP contribution in [-0.4, -0.2) is 33.3 Å². The van der Waals surface area contributed by atoms with Crippen molar-refractivity contribution in [3.05, 3.63) is 60.2 Å². The van der Waals surface area contributed by atoms with Gasteiger partial charge in [-0.1, -0.05) is 43.3 Å². The van der Waals surface area contributed by atoms with Crippen molar-refractivity contribution < 1.29 is 23.7 Å². The minimum absolute atomic E-state index is 0.192. The Morgan fingerprint density at radius 3 is 2.30 bits per heavy atom. The van der Waals surface area contributed by atoms with Crippen LogP contribution < -0.4 is 24.3 Å². The molecular formula is C24H27NO5. The van der Waals surface area contributed by atoms with Crippen molar-refractivity contribution in [2.75, 3.05) is 21.3 Å². The van der Waals surface area contributed by atoms with Gasteiger partial charge in [0.15, 0.2) is 17.6 Å². The number of carbonyl (C=O) groups is 1. The van der Waals surface area contributed by atoms with Crippen molar-refractivity contribution in [3.8, 4) is 23.0 Å². The van der Waals surface area contributed by atoms with Crippen molar-refractivity contribution in [2.24, 2.45) is 0 Å². The molecule has 1 N–H and O–H groups in total. The zero-order valence-electron chi connectivity index (χ0n) is 17.7. The lowest BCUT2D eigenvalue weighted by atomic mass is 10.1. The van der Waals surface area contributed by atoms with Gasteiger partial charge < -0.3 is 24.3 Å². The first-order valence-corrected chi connectivity index (χ1v) is 9.82. The van der Waals surface area contributed by atoms with E-state index >= 15 is 0 Å². The molecule has 0 aliphatic rings. The van der Waals surface area contributed by atoms with E-state index in [1.165, 1.54) is 0 Å². The number of hydrogen-bond acceptors (Lipinski definition) is 5. The summed E-state index contributed by atoms with van der Waals surface area (Å²) in [6.07, 6.45) is -0.0695. The molecule has 3 aromatic rings. The molecule has 3 rings (SSSR count). The molecule has 0 bridgehead atoms. The molecule has 6 heteroatoms. The molecule has 158 valence electrons. The highest BCUT2D eigenvalue weighted by Crippen LogP contribution is 2.39. The molecule has 0 aromatic heterocycles. The third kappa shape index (κ3) is 4.43. The van der Waals surface area contributed by atoms with Crippen LogP contribution in [0.5, 0.6) is 23.0 Å². The van der Waals surface area contributed by atoms with E-state index in [0.29, 0.717) is 29.4 Å². The molecule has 0 spiro atoms. The molecule has 1 atom stereocenters. The lowest BCUT2D eigenvalue weighted by Crippen LogP contribution is -2.37. The first-order valence-electron chi connectivity index (χ1n) is 9.82. The highest BCUT2D eigenvalue weighted by atomic mass is 16.5. The molecule has 0 aliphatic heterocycles. The standard InChI is InChI=1S/C24H27NO5/c1-5-19(30-20-12-8-10-16-9-6-7-11-18(16)20)24(26)25-15-17-13-14-21(27-2)23(29-4)22(17)28-3/h6-14,19H,5,15H2,1-4H3,(H,25,26)/t19-/m1/s1. The number of fused-ring (bicyclic) bond motifs is 1. The van der Waals surface area contributed by atoms with Crippen molar-refractivity contribution in [1.29, 1.82) is 0 Å². The summed E-state index contributed by atoms with van der Waals surface area (Å²) in [5, 5.41) is 4.99. The average Bonchev–Trinajstić information content (AvgIpc) is 2.80. The maximum absolute atomic E-state index is 12.8. The molecule has 0 radical (unpaired) electrons. The van der Waals surface area contributed by atoms with Gasteiger partial charge in [-0.3, -0.25) is 4.79 Å². The summed E-state index contributed by atoms with van der Waals surface area (Å²) in [4.78, 5) is 12.8. The average molecular weight is 409 g/mol. The minimum Gasteiger partial charge on any atom is -0.493 e. The van der Waals surface area contributed by atoms with Crippen molar-refractivity contribution >= 4 is 16.7 Å². The lowest BCUT2D eigenvalue weighted by molar-refractivity contribution is -0.128. The van der Waals surface area contributed by atoms with Crippen molar-refractivity contribution in [3.63, 3.8) is 0 Å². The summed E-state index contributed by atoms with van der Waals surface area (Å²) in [5.74, 6) is 2.09. The SMILES string of the molecule is CC[C@@H](Oc1cccc2ccccc12)C(=O)NCc1ccc(OC)c(OC)c1OC. The Morgan fingerprint density at radius 1 is 0.867 bits per heavy atom. The van der Waals surface area contributed by atoms with E-state index in [9.17, 15) is 4.79 Å². The number of nitrogens with one attached hydrogen (secondary N) is 1. The van der Waals surface area contributed by atoms with E-state index in [4.69, 9.17) is 18.9 Å². The molecule has 30 heavy (non-hydrogen) atoms. The van der Waals surface area contributed by atoms with Crippen LogP contribution >= 0.6 is 0 Å². The summed E-state index contributed by atoms with van der Waals surface area (Å²) < 4.78 is 22.3.